The fourth-order valence-electron chi connectivity index (χ4n) is 3.31. The van der Waals surface area contributed by atoms with Crippen molar-refractivity contribution in [2.24, 2.45) is 5.41 Å². The summed E-state index contributed by atoms with van der Waals surface area (Å²) in [7, 11) is 0. The number of carbonyl (C=O) groups excluding carboxylic acids is 1. The molecule has 2 fully saturated rings. The van der Waals surface area contributed by atoms with Crippen LogP contribution in [0.1, 0.15) is 52.9 Å². The zero-order chi connectivity index (χ0) is 15.3. The molecular weight excluding hydrogens is 272 g/mol. The van der Waals surface area contributed by atoms with Gasteiger partial charge in [0, 0.05) is 19.4 Å². The molecule has 21 heavy (non-hydrogen) atoms. The summed E-state index contributed by atoms with van der Waals surface area (Å²) in [6.07, 6.45) is 4.02. The molecule has 2 rings (SSSR count). The number of carbonyl (C=O) groups is 1. The number of unbranched alkanes of at least 4 members (excludes halogenated alkanes) is 1. The summed E-state index contributed by atoms with van der Waals surface area (Å²) in [6, 6.07) is 0. The van der Waals surface area contributed by atoms with Crippen molar-refractivity contribution < 1.29 is 23.7 Å². The third-order valence-corrected chi connectivity index (χ3v) is 4.51. The Kier molecular flexibility index (Phi) is 5.63. The predicted octanol–water partition coefficient (Wildman–Crippen LogP) is 2.67. The van der Waals surface area contributed by atoms with Crippen LogP contribution in [0.2, 0.25) is 0 Å². The number of hydrogen-bond acceptors (Lipinski definition) is 5. The van der Waals surface area contributed by atoms with Crippen molar-refractivity contribution in [2.75, 3.05) is 26.4 Å². The molecule has 0 bridgehead atoms. The minimum Gasteiger partial charge on any atom is -0.465 e. The maximum Gasteiger partial charge on any atom is 0.314 e. The van der Waals surface area contributed by atoms with E-state index in [1.54, 1.807) is 0 Å². The zero-order valence-electron chi connectivity index (χ0n) is 13.5. The van der Waals surface area contributed by atoms with Gasteiger partial charge in [-0.05, 0) is 26.7 Å². The summed E-state index contributed by atoms with van der Waals surface area (Å²) >= 11 is 0. The molecule has 1 saturated carbocycles. The van der Waals surface area contributed by atoms with Gasteiger partial charge in [-0.15, -0.1) is 0 Å². The molecule has 1 spiro atoms. The number of esters is 1. The van der Waals surface area contributed by atoms with Gasteiger partial charge in [-0.2, -0.15) is 0 Å². The molecule has 1 saturated heterocycles. The van der Waals surface area contributed by atoms with Crippen LogP contribution in [0.3, 0.4) is 0 Å². The van der Waals surface area contributed by atoms with Crippen molar-refractivity contribution in [1.82, 2.24) is 0 Å². The van der Waals surface area contributed by atoms with E-state index in [9.17, 15) is 4.79 Å². The maximum absolute atomic E-state index is 12.5. The van der Waals surface area contributed by atoms with Crippen LogP contribution in [0.4, 0.5) is 0 Å². The first kappa shape index (κ1) is 16.7. The smallest absolute Gasteiger partial charge is 0.314 e. The minimum absolute atomic E-state index is 0.124. The molecule has 5 heteroatoms. The molecule has 5 nitrogen and oxygen atoms in total. The topological polar surface area (TPSA) is 54.0 Å². The van der Waals surface area contributed by atoms with Crippen LogP contribution in [0, 0.1) is 5.41 Å². The van der Waals surface area contributed by atoms with E-state index in [0.717, 1.165) is 25.7 Å². The first-order valence-corrected chi connectivity index (χ1v) is 8.13. The van der Waals surface area contributed by atoms with E-state index in [-0.39, 0.29) is 12.1 Å². The molecule has 1 aliphatic carbocycles. The minimum atomic E-state index is -0.702. The van der Waals surface area contributed by atoms with Crippen molar-refractivity contribution in [3.05, 3.63) is 0 Å². The highest BCUT2D eigenvalue weighted by Gasteiger charge is 2.56. The zero-order valence-corrected chi connectivity index (χ0v) is 13.5. The van der Waals surface area contributed by atoms with Gasteiger partial charge in [0.15, 0.2) is 5.79 Å². The maximum atomic E-state index is 12.5. The van der Waals surface area contributed by atoms with Crippen molar-refractivity contribution in [1.29, 1.82) is 0 Å². The van der Waals surface area contributed by atoms with E-state index >= 15 is 0 Å². The van der Waals surface area contributed by atoms with Crippen LogP contribution in [0.25, 0.3) is 0 Å². The van der Waals surface area contributed by atoms with Gasteiger partial charge in [-0.3, -0.25) is 4.79 Å². The number of ether oxygens (including phenoxy) is 4. The molecule has 0 amide bonds. The Hall–Kier alpha value is -0.650. The Balaban J connectivity index is 2.10. The standard InChI is InChI=1S/C16H28O5/c1-4-6-9-19-13-7-8-16(20-10-11-21-16)12-15(13,3)14(17)18-5-2/h13H,4-12H2,1-3H3/t13-,15+/m1/s1. The summed E-state index contributed by atoms with van der Waals surface area (Å²) < 4.78 is 22.9. The summed E-state index contributed by atoms with van der Waals surface area (Å²) in [5.74, 6) is -0.823. The van der Waals surface area contributed by atoms with Crippen molar-refractivity contribution in [3.8, 4) is 0 Å². The van der Waals surface area contributed by atoms with Crippen molar-refractivity contribution in [2.45, 2.75) is 64.8 Å². The summed E-state index contributed by atoms with van der Waals surface area (Å²) in [5.41, 5.74) is -0.702. The quantitative estimate of drug-likeness (QED) is 0.557. The molecule has 0 unspecified atom stereocenters. The third-order valence-electron chi connectivity index (χ3n) is 4.51. The van der Waals surface area contributed by atoms with Crippen LogP contribution in [0.5, 0.6) is 0 Å². The summed E-state index contributed by atoms with van der Waals surface area (Å²) in [6.45, 7) is 8.14. The molecule has 0 aromatic carbocycles. The van der Waals surface area contributed by atoms with E-state index in [1.807, 2.05) is 13.8 Å². The van der Waals surface area contributed by atoms with Crippen LogP contribution >= 0.6 is 0 Å². The van der Waals surface area contributed by atoms with E-state index in [2.05, 4.69) is 6.92 Å². The second-order valence-electron chi connectivity index (χ2n) is 6.17. The predicted molar refractivity (Wildman–Crippen MR) is 77.9 cm³/mol. The van der Waals surface area contributed by atoms with Gasteiger partial charge in [0.25, 0.3) is 0 Å². The molecule has 0 aromatic heterocycles. The van der Waals surface area contributed by atoms with Crippen molar-refractivity contribution in [3.63, 3.8) is 0 Å². The largest absolute Gasteiger partial charge is 0.465 e. The lowest BCUT2D eigenvalue weighted by atomic mass is 9.70. The highest BCUT2D eigenvalue weighted by atomic mass is 16.7. The van der Waals surface area contributed by atoms with E-state index in [1.165, 1.54) is 0 Å². The Bertz CT molecular complexity index is 351. The molecular formula is C16H28O5. The summed E-state index contributed by atoms with van der Waals surface area (Å²) in [4.78, 5) is 12.5. The molecule has 2 atom stereocenters. The molecule has 122 valence electrons. The number of hydrogen-bond donors (Lipinski definition) is 0. The number of rotatable bonds is 6. The fourth-order valence-corrected chi connectivity index (χ4v) is 3.31. The van der Waals surface area contributed by atoms with Gasteiger partial charge in [0.05, 0.1) is 31.3 Å². The third kappa shape index (κ3) is 3.58. The first-order chi connectivity index (χ1) is 10.1. The first-order valence-electron chi connectivity index (χ1n) is 8.13. The molecule has 1 aliphatic heterocycles. The molecule has 1 heterocycles. The van der Waals surface area contributed by atoms with Gasteiger partial charge in [0.1, 0.15) is 0 Å². The lowest BCUT2D eigenvalue weighted by Gasteiger charge is -2.45. The van der Waals surface area contributed by atoms with Crippen molar-refractivity contribution >= 4 is 5.97 Å². The molecule has 0 radical (unpaired) electrons. The van der Waals surface area contributed by atoms with E-state index in [0.29, 0.717) is 32.8 Å². The average molecular weight is 300 g/mol. The second kappa shape index (κ2) is 7.07. The Morgan fingerprint density at radius 2 is 2.00 bits per heavy atom. The SMILES string of the molecule is CCCCO[C@@H]1CCC2(C[C@]1(C)C(=O)OCC)OCCO2. The average Bonchev–Trinajstić information content (AvgIpc) is 2.90. The highest BCUT2D eigenvalue weighted by molar-refractivity contribution is 5.77. The highest BCUT2D eigenvalue weighted by Crippen LogP contribution is 2.47. The van der Waals surface area contributed by atoms with Crippen LogP contribution in [0.15, 0.2) is 0 Å². The van der Waals surface area contributed by atoms with Gasteiger partial charge in [-0.1, -0.05) is 13.3 Å². The Morgan fingerprint density at radius 3 is 2.62 bits per heavy atom. The Morgan fingerprint density at radius 1 is 1.29 bits per heavy atom. The van der Waals surface area contributed by atoms with Crippen LogP contribution in [-0.4, -0.2) is 44.3 Å². The fraction of sp³-hybridized carbons (Fsp3) is 0.938. The van der Waals surface area contributed by atoms with Gasteiger partial charge >= 0.3 is 5.97 Å². The lowest BCUT2D eigenvalue weighted by molar-refractivity contribution is -0.233. The molecule has 2 aliphatic rings. The second-order valence-corrected chi connectivity index (χ2v) is 6.17. The molecule has 0 aromatic rings. The van der Waals surface area contributed by atoms with Gasteiger partial charge in [0.2, 0.25) is 0 Å². The normalized spacial score (nSPS) is 31.5. The van der Waals surface area contributed by atoms with Gasteiger partial charge < -0.3 is 18.9 Å². The summed E-state index contributed by atoms with van der Waals surface area (Å²) in [5, 5.41) is 0. The molecule has 0 N–H and O–H groups in total. The van der Waals surface area contributed by atoms with Crippen LogP contribution in [-0.2, 0) is 23.7 Å². The Labute approximate surface area is 127 Å². The van der Waals surface area contributed by atoms with Gasteiger partial charge in [-0.25, -0.2) is 0 Å². The van der Waals surface area contributed by atoms with Crippen LogP contribution < -0.4 is 0 Å². The van der Waals surface area contributed by atoms with E-state index < -0.39 is 11.2 Å². The van der Waals surface area contributed by atoms with E-state index in [4.69, 9.17) is 18.9 Å². The lowest BCUT2D eigenvalue weighted by Crippen LogP contribution is -2.53. The monoisotopic (exact) mass is 300 g/mol.